The van der Waals surface area contributed by atoms with E-state index >= 15 is 0 Å². The first-order valence-electron chi connectivity index (χ1n) is 5.19. The van der Waals surface area contributed by atoms with Gasteiger partial charge in [0.25, 0.3) is 0 Å². The minimum absolute atomic E-state index is 0.301. The molecule has 0 heterocycles. The number of hydrogen-bond donors (Lipinski definition) is 0. The van der Waals surface area contributed by atoms with Crippen LogP contribution in [-0.4, -0.2) is 10.6 Å². The summed E-state index contributed by atoms with van der Waals surface area (Å²) in [6, 6.07) is 0. The van der Waals surface area contributed by atoms with Gasteiger partial charge in [-0.2, -0.15) is 13.2 Å². The Labute approximate surface area is 97.8 Å². The molecule has 0 atom stereocenters. The molecule has 0 spiro atoms. The molecule has 0 bridgehead atoms. The molecule has 0 rings (SSSR count). The van der Waals surface area contributed by atoms with Crippen LogP contribution in [0, 0.1) is 0 Å². The van der Waals surface area contributed by atoms with Crippen LogP contribution in [-0.2, 0) is 0 Å². The lowest BCUT2D eigenvalue weighted by molar-refractivity contribution is -0.135. The lowest BCUT2D eigenvalue weighted by atomic mass is 10.1. The van der Waals surface area contributed by atoms with Gasteiger partial charge in [-0.1, -0.05) is 54.7 Å². The zero-order valence-corrected chi connectivity index (χ0v) is 10.5. The first kappa shape index (κ1) is 14.5. The van der Waals surface area contributed by atoms with Crippen molar-refractivity contribution < 1.29 is 13.2 Å². The molecule has 0 aromatic rings. The highest BCUT2D eigenvalue weighted by Gasteiger charge is 2.25. The van der Waals surface area contributed by atoms with Gasteiger partial charge in [-0.05, 0) is 17.3 Å². The van der Waals surface area contributed by atoms with Gasteiger partial charge in [-0.25, -0.2) is 0 Å². The molecule has 0 nitrogen and oxygen atoms in total. The molecule has 86 valence electrons. The molecule has 0 radical (unpaired) electrons. The molecule has 0 N–H and O–H groups in total. The lowest BCUT2D eigenvalue weighted by Crippen LogP contribution is -2.06. The average molecular weight is 322 g/mol. The van der Waals surface area contributed by atoms with E-state index in [9.17, 15) is 13.2 Å². The van der Waals surface area contributed by atoms with Crippen LogP contribution in [0.25, 0.3) is 0 Å². The van der Waals surface area contributed by atoms with Gasteiger partial charge in [-0.15, -0.1) is 0 Å². The van der Waals surface area contributed by atoms with Crippen molar-refractivity contribution in [3.8, 4) is 0 Å². The van der Waals surface area contributed by atoms with Crippen LogP contribution < -0.4 is 0 Å². The van der Waals surface area contributed by atoms with Crippen molar-refractivity contribution >= 4 is 22.6 Å². The summed E-state index contributed by atoms with van der Waals surface area (Å²) in [6.45, 7) is 0. The highest BCUT2D eigenvalue weighted by atomic mass is 127. The molecule has 0 unspecified atom stereocenters. The maximum atomic E-state index is 11.7. The van der Waals surface area contributed by atoms with Crippen molar-refractivity contribution in [2.45, 2.75) is 57.5 Å². The Hall–Kier alpha value is 0.520. The smallest absolute Gasteiger partial charge is 0.171 e. The Morgan fingerprint density at radius 1 is 0.714 bits per heavy atom. The van der Waals surface area contributed by atoms with Crippen molar-refractivity contribution in [1.82, 2.24) is 0 Å². The summed E-state index contributed by atoms with van der Waals surface area (Å²) in [5, 5.41) is 0. The zero-order chi connectivity index (χ0) is 10.9. The summed E-state index contributed by atoms with van der Waals surface area (Å²) in [5.74, 6) is 0. The normalized spacial score (nSPS) is 12.0. The summed E-state index contributed by atoms with van der Waals surface area (Å²) in [7, 11) is 0. The molecule has 4 heteroatoms. The van der Waals surface area contributed by atoms with Gasteiger partial charge in [0.2, 0.25) is 0 Å². The van der Waals surface area contributed by atoms with E-state index < -0.39 is 12.6 Å². The summed E-state index contributed by atoms with van der Waals surface area (Å²) in [4.78, 5) is 0. The highest BCUT2D eigenvalue weighted by Crippen LogP contribution is 2.23. The lowest BCUT2D eigenvalue weighted by Gasteiger charge is -2.05. The minimum atomic E-state index is -3.96. The van der Waals surface area contributed by atoms with Gasteiger partial charge < -0.3 is 0 Å². The van der Waals surface area contributed by atoms with Crippen molar-refractivity contribution in [1.29, 1.82) is 0 Å². The third kappa shape index (κ3) is 12.5. The summed E-state index contributed by atoms with van der Waals surface area (Å²) >= 11 is 2.35. The van der Waals surface area contributed by atoms with E-state index in [4.69, 9.17) is 0 Å². The second-order valence-electron chi connectivity index (χ2n) is 3.53. The quantitative estimate of drug-likeness (QED) is 0.331. The van der Waals surface area contributed by atoms with E-state index in [1.807, 2.05) is 0 Å². The highest BCUT2D eigenvalue weighted by molar-refractivity contribution is 14.1. The first-order valence-corrected chi connectivity index (χ1v) is 6.71. The topological polar surface area (TPSA) is 0 Å². The van der Waals surface area contributed by atoms with Gasteiger partial charge in [0.15, 0.2) is 0 Å². The average Bonchev–Trinajstić information content (AvgIpc) is 2.08. The van der Waals surface area contributed by atoms with Gasteiger partial charge in [-0.3, -0.25) is 0 Å². The van der Waals surface area contributed by atoms with Gasteiger partial charge in [0, 0.05) is 6.42 Å². The predicted octanol–water partition coefficient (Wildman–Crippen LogP) is 5.10. The molecule has 0 aliphatic heterocycles. The Bertz CT molecular complexity index is 123. The standard InChI is InChI=1S/C10H18F3I/c11-10(12,13)8-6-4-2-1-3-5-7-9-14/h1-9H2. The fourth-order valence-electron chi connectivity index (χ4n) is 1.30. The minimum Gasteiger partial charge on any atom is -0.171 e. The predicted molar refractivity (Wildman–Crippen MR) is 61.9 cm³/mol. The van der Waals surface area contributed by atoms with Crippen LogP contribution in [0.5, 0.6) is 0 Å². The van der Waals surface area contributed by atoms with E-state index in [0.29, 0.717) is 6.42 Å². The van der Waals surface area contributed by atoms with E-state index in [1.165, 1.54) is 23.7 Å². The molecule has 0 amide bonds. The van der Waals surface area contributed by atoms with E-state index in [-0.39, 0.29) is 0 Å². The third-order valence-electron chi connectivity index (χ3n) is 2.09. The van der Waals surface area contributed by atoms with Crippen molar-refractivity contribution in [3.05, 3.63) is 0 Å². The zero-order valence-electron chi connectivity index (χ0n) is 8.38. The van der Waals surface area contributed by atoms with Crippen LogP contribution >= 0.6 is 22.6 Å². The maximum absolute atomic E-state index is 11.7. The first-order chi connectivity index (χ1) is 6.56. The molecule has 0 aliphatic carbocycles. The molecule has 0 fully saturated rings. The Kier molecular flexibility index (Phi) is 9.13. The molecule has 0 aliphatic rings. The number of halogens is 4. The molecule has 0 saturated heterocycles. The fourth-order valence-corrected chi connectivity index (χ4v) is 1.84. The Morgan fingerprint density at radius 2 is 1.14 bits per heavy atom. The second kappa shape index (κ2) is 8.80. The maximum Gasteiger partial charge on any atom is 0.389 e. The molecular weight excluding hydrogens is 304 g/mol. The molecule has 14 heavy (non-hydrogen) atoms. The molecular formula is C10H18F3I. The monoisotopic (exact) mass is 322 g/mol. The van der Waals surface area contributed by atoms with E-state index in [2.05, 4.69) is 22.6 Å². The third-order valence-corrected chi connectivity index (χ3v) is 2.86. The van der Waals surface area contributed by atoms with Crippen molar-refractivity contribution in [2.24, 2.45) is 0 Å². The second-order valence-corrected chi connectivity index (χ2v) is 4.61. The van der Waals surface area contributed by atoms with Crippen molar-refractivity contribution in [2.75, 3.05) is 4.43 Å². The largest absolute Gasteiger partial charge is 0.389 e. The number of hydrogen-bond acceptors (Lipinski definition) is 0. The van der Waals surface area contributed by atoms with Crippen molar-refractivity contribution in [3.63, 3.8) is 0 Å². The Morgan fingerprint density at radius 3 is 1.57 bits per heavy atom. The number of unbranched alkanes of at least 4 members (excludes halogenated alkanes) is 6. The van der Waals surface area contributed by atoms with Crippen LogP contribution in [0.15, 0.2) is 0 Å². The van der Waals surface area contributed by atoms with Crippen LogP contribution in [0.3, 0.4) is 0 Å². The van der Waals surface area contributed by atoms with Crippen LogP contribution in [0.4, 0.5) is 13.2 Å². The fraction of sp³-hybridized carbons (Fsp3) is 1.00. The summed E-state index contributed by atoms with van der Waals surface area (Å²) in [6.07, 6.45) is 2.15. The number of rotatable bonds is 8. The van der Waals surface area contributed by atoms with Gasteiger partial charge in [0.1, 0.15) is 0 Å². The SMILES string of the molecule is FC(F)(F)CCCCCCCCCI. The Balaban J connectivity index is 2.99. The van der Waals surface area contributed by atoms with Crippen LogP contribution in [0.1, 0.15) is 51.4 Å². The molecule has 0 aromatic heterocycles. The molecule has 0 aromatic carbocycles. The summed E-state index contributed by atoms with van der Waals surface area (Å²) in [5.41, 5.74) is 0. The van der Waals surface area contributed by atoms with E-state index in [0.717, 1.165) is 19.3 Å². The van der Waals surface area contributed by atoms with Gasteiger partial charge >= 0.3 is 6.18 Å². The van der Waals surface area contributed by atoms with Crippen LogP contribution in [0.2, 0.25) is 0 Å². The summed E-state index contributed by atoms with van der Waals surface area (Å²) < 4.78 is 36.4. The van der Waals surface area contributed by atoms with E-state index in [1.54, 1.807) is 0 Å². The number of alkyl halides is 4. The van der Waals surface area contributed by atoms with Gasteiger partial charge in [0.05, 0.1) is 0 Å². The molecule has 0 saturated carbocycles.